The number of carbonyl (C=O) groups excluding carboxylic acids is 2. The molecule has 0 amide bonds. The van der Waals surface area contributed by atoms with E-state index < -0.39 is 31.5 Å². The second-order valence-electron chi connectivity index (χ2n) is 8.52. The van der Waals surface area contributed by atoms with Crippen molar-refractivity contribution in [3.63, 3.8) is 0 Å². The van der Waals surface area contributed by atoms with Crippen LogP contribution in [0.5, 0.6) is 0 Å². The Kier molecular flexibility index (Phi) is 14.6. The average molecular weight is 571 g/mol. The maximum absolute atomic E-state index is 13.7. The number of nitrogens with two attached hydrogens (primary N) is 1. The van der Waals surface area contributed by atoms with E-state index in [1.165, 1.54) is 13.8 Å². The Bertz CT molecular complexity index is 1100. The summed E-state index contributed by atoms with van der Waals surface area (Å²) in [6, 6.07) is -1.80. The minimum Gasteiger partial charge on any atom is -0.465 e. The van der Waals surface area contributed by atoms with Gasteiger partial charge in [-0.3, -0.25) is 14.2 Å². The number of nitrogen functional groups attached to an aromatic ring is 1. The maximum Gasteiger partial charge on any atom is 0.323 e. The zero-order valence-electron chi connectivity index (χ0n) is 22.4. The first-order valence-electron chi connectivity index (χ1n) is 12.5. The van der Waals surface area contributed by atoms with Gasteiger partial charge in [-0.25, -0.2) is 15.2 Å². The number of nitrogens with one attached hydrogen (secondary N) is 3. The Morgan fingerprint density at radius 3 is 2.23 bits per heavy atom. The maximum atomic E-state index is 13.7. The minimum atomic E-state index is -3.60. The number of hydrogen-bond donors (Lipinski definition) is 4. The third-order valence-corrected chi connectivity index (χ3v) is 7.21. The van der Waals surface area contributed by atoms with Crippen molar-refractivity contribution in [2.24, 2.45) is 0 Å². The molecule has 0 radical (unpaired) electrons. The molecule has 220 valence electrons. The van der Waals surface area contributed by atoms with Crippen LogP contribution in [0.15, 0.2) is 19.0 Å². The van der Waals surface area contributed by atoms with Crippen LogP contribution in [0.25, 0.3) is 11.2 Å². The summed E-state index contributed by atoms with van der Waals surface area (Å²) in [4.78, 5) is 37.3. The van der Waals surface area contributed by atoms with Crippen LogP contribution < -0.4 is 21.2 Å². The molecule has 2 heterocycles. The molecule has 0 fully saturated rings. The standard InChI is InChI=1S/C23H39N8O6P.CH4/c1-6-9-25-19-18-20(28-23(24)27-19)31(14-26-18)10-13-35-15-38(34,29-16(4)21(32)36-11-7-2)30-17(5)22(33)37-12-8-3;/h6,14,16-17H,1,7-13,15H2,2-5H3,(H2,29,30,34)(H3,24,25,27,28);1H4. The van der Waals surface area contributed by atoms with Gasteiger partial charge >= 0.3 is 11.9 Å². The molecule has 0 aromatic carbocycles. The smallest absolute Gasteiger partial charge is 0.323 e. The van der Waals surface area contributed by atoms with Crippen molar-refractivity contribution in [1.29, 1.82) is 0 Å². The number of imidazole rings is 1. The molecule has 0 spiro atoms. The van der Waals surface area contributed by atoms with E-state index in [0.29, 0.717) is 42.9 Å². The van der Waals surface area contributed by atoms with Gasteiger partial charge in [0.25, 0.3) is 0 Å². The SMILES string of the molecule is C.C=CCNc1nc(N)nc2c1ncn2CCOCP(=O)(NC(C)C(=O)OCCC)NC(C)C(=O)OCCC. The Morgan fingerprint density at radius 1 is 1.10 bits per heavy atom. The highest BCUT2D eigenvalue weighted by molar-refractivity contribution is 7.59. The van der Waals surface area contributed by atoms with Gasteiger partial charge in [-0.15, -0.1) is 6.58 Å². The Balaban J connectivity index is 0.00000760. The second-order valence-corrected chi connectivity index (χ2v) is 10.8. The summed E-state index contributed by atoms with van der Waals surface area (Å²) in [5.74, 6) is -0.549. The third kappa shape index (κ3) is 10.6. The molecule has 5 N–H and O–H groups in total. The number of nitrogens with zero attached hydrogens (tertiary/aromatic N) is 4. The highest BCUT2D eigenvalue weighted by Gasteiger charge is 2.32. The Morgan fingerprint density at radius 2 is 1.69 bits per heavy atom. The summed E-state index contributed by atoms with van der Waals surface area (Å²) >= 11 is 0. The molecule has 2 unspecified atom stereocenters. The quantitative estimate of drug-likeness (QED) is 0.0888. The number of esters is 2. The fourth-order valence-electron chi connectivity index (χ4n) is 3.27. The molecule has 0 aliphatic heterocycles. The van der Waals surface area contributed by atoms with E-state index in [2.05, 4.69) is 37.0 Å². The Hall–Kier alpha value is -3.06. The van der Waals surface area contributed by atoms with Crippen LogP contribution in [0.4, 0.5) is 11.8 Å². The van der Waals surface area contributed by atoms with E-state index in [0.717, 1.165) is 0 Å². The fourth-order valence-corrected chi connectivity index (χ4v) is 5.34. The molecule has 0 bridgehead atoms. The van der Waals surface area contributed by atoms with Crippen LogP contribution in [-0.2, 0) is 34.9 Å². The van der Waals surface area contributed by atoms with Crippen molar-refractivity contribution >= 4 is 42.3 Å². The van der Waals surface area contributed by atoms with Gasteiger partial charge in [0, 0.05) is 13.1 Å². The van der Waals surface area contributed by atoms with Crippen LogP contribution in [0.2, 0.25) is 0 Å². The number of hydrogen-bond acceptors (Lipinski definition) is 11. The van der Waals surface area contributed by atoms with Gasteiger partial charge in [0.2, 0.25) is 13.4 Å². The molecule has 14 nitrogen and oxygen atoms in total. The first kappa shape index (κ1) is 34.0. The number of aromatic nitrogens is 4. The van der Waals surface area contributed by atoms with Gasteiger partial charge in [-0.2, -0.15) is 9.97 Å². The van der Waals surface area contributed by atoms with Gasteiger partial charge in [0.15, 0.2) is 17.0 Å². The molecule has 0 aliphatic rings. The van der Waals surface area contributed by atoms with Crippen molar-refractivity contribution in [2.75, 3.05) is 43.8 Å². The van der Waals surface area contributed by atoms with E-state index in [4.69, 9.17) is 19.9 Å². The lowest BCUT2D eigenvalue weighted by Crippen LogP contribution is -2.43. The normalized spacial score (nSPS) is 14.1. The monoisotopic (exact) mass is 570 g/mol. The molecule has 0 aliphatic carbocycles. The van der Waals surface area contributed by atoms with Crippen molar-refractivity contribution < 1.29 is 28.4 Å². The summed E-state index contributed by atoms with van der Waals surface area (Å²) in [5.41, 5.74) is 6.89. The lowest BCUT2D eigenvalue weighted by molar-refractivity contribution is -0.145. The zero-order chi connectivity index (χ0) is 28.1. The molecule has 15 heteroatoms. The van der Waals surface area contributed by atoms with Crippen LogP contribution in [0.3, 0.4) is 0 Å². The van der Waals surface area contributed by atoms with Gasteiger partial charge in [0.05, 0.1) is 26.1 Å². The van der Waals surface area contributed by atoms with Crippen LogP contribution in [0, 0.1) is 0 Å². The van der Waals surface area contributed by atoms with Crippen LogP contribution in [-0.4, -0.2) is 76.3 Å². The third-order valence-electron chi connectivity index (χ3n) is 5.05. The first-order chi connectivity index (χ1) is 18.1. The molecule has 2 atom stereocenters. The van der Waals surface area contributed by atoms with Crippen molar-refractivity contribution in [3.8, 4) is 0 Å². The summed E-state index contributed by atoms with van der Waals surface area (Å²) in [7, 11) is -3.60. The lowest BCUT2D eigenvalue weighted by atomic mass is 10.4. The number of anilines is 2. The molecule has 0 saturated heterocycles. The fraction of sp³-hybridized carbons (Fsp3) is 0.625. The van der Waals surface area contributed by atoms with E-state index in [1.807, 2.05) is 13.8 Å². The van der Waals surface area contributed by atoms with E-state index in [-0.39, 0.29) is 39.5 Å². The second kappa shape index (κ2) is 16.8. The van der Waals surface area contributed by atoms with Crippen molar-refractivity contribution in [3.05, 3.63) is 19.0 Å². The number of fused-ring (bicyclic) bond motifs is 1. The van der Waals surface area contributed by atoms with Gasteiger partial charge in [0.1, 0.15) is 18.4 Å². The van der Waals surface area contributed by atoms with Gasteiger partial charge in [-0.05, 0) is 26.7 Å². The molecule has 39 heavy (non-hydrogen) atoms. The minimum absolute atomic E-state index is 0. The molecule has 2 rings (SSSR count). The predicted molar refractivity (Wildman–Crippen MR) is 151 cm³/mol. The zero-order valence-corrected chi connectivity index (χ0v) is 23.3. The lowest BCUT2D eigenvalue weighted by Gasteiger charge is -2.26. The predicted octanol–water partition coefficient (Wildman–Crippen LogP) is 2.67. The highest BCUT2D eigenvalue weighted by atomic mass is 31.2. The van der Waals surface area contributed by atoms with Crippen molar-refractivity contribution in [1.82, 2.24) is 29.7 Å². The van der Waals surface area contributed by atoms with Gasteiger partial charge in [-0.1, -0.05) is 27.4 Å². The summed E-state index contributed by atoms with van der Waals surface area (Å²) in [5, 5.41) is 8.61. The van der Waals surface area contributed by atoms with Crippen LogP contribution in [0.1, 0.15) is 48.0 Å². The molecular formula is C24H43N8O6P. The molecule has 2 aromatic heterocycles. The van der Waals surface area contributed by atoms with Crippen LogP contribution >= 0.6 is 7.44 Å². The molecule has 2 aromatic rings. The van der Waals surface area contributed by atoms with E-state index in [1.54, 1.807) is 17.0 Å². The summed E-state index contributed by atoms with van der Waals surface area (Å²) in [6.45, 7) is 11.9. The number of ether oxygens (including phenoxy) is 3. The average Bonchev–Trinajstić information content (AvgIpc) is 3.29. The number of rotatable bonds is 18. The summed E-state index contributed by atoms with van der Waals surface area (Å²) in [6.07, 6.45) is 4.27. The van der Waals surface area contributed by atoms with Gasteiger partial charge < -0.3 is 29.8 Å². The highest BCUT2D eigenvalue weighted by Crippen LogP contribution is 2.37. The topological polar surface area (TPSA) is 185 Å². The first-order valence-corrected chi connectivity index (χ1v) is 14.4. The summed E-state index contributed by atoms with van der Waals surface area (Å²) < 4.78 is 31.4. The largest absolute Gasteiger partial charge is 0.465 e. The van der Waals surface area contributed by atoms with E-state index in [9.17, 15) is 14.2 Å². The molecule has 0 saturated carbocycles. The number of carbonyl (C=O) groups is 2. The van der Waals surface area contributed by atoms with Crippen molar-refractivity contribution in [2.45, 2.75) is 66.6 Å². The molecular weight excluding hydrogens is 527 g/mol. The Labute approximate surface area is 229 Å². The van der Waals surface area contributed by atoms with E-state index >= 15 is 0 Å².